The lowest BCUT2D eigenvalue weighted by molar-refractivity contribution is -0.135. The maximum absolute atomic E-state index is 12.5. The van der Waals surface area contributed by atoms with Gasteiger partial charge in [-0.05, 0) is 38.8 Å². The summed E-state index contributed by atoms with van der Waals surface area (Å²) in [5, 5.41) is 8.84. The molecule has 1 heterocycles. The first-order valence-electron chi connectivity index (χ1n) is 6.86. The van der Waals surface area contributed by atoms with Crippen LogP contribution in [0, 0.1) is 30.1 Å². The summed E-state index contributed by atoms with van der Waals surface area (Å²) in [4.78, 5) is 26.2. The van der Waals surface area contributed by atoms with Gasteiger partial charge in [0.1, 0.15) is 5.92 Å². The molecular formula is C16H18N2O2. The molecule has 0 unspecified atom stereocenters. The van der Waals surface area contributed by atoms with Crippen LogP contribution in [0.3, 0.4) is 0 Å². The highest BCUT2D eigenvalue weighted by Gasteiger charge is 2.36. The molecule has 2 atom stereocenters. The Kier molecular flexibility index (Phi) is 4.19. The molecule has 104 valence electrons. The van der Waals surface area contributed by atoms with Crippen LogP contribution in [0.1, 0.15) is 25.3 Å². The highest BCUT2D eigenvalue weighted by molar-refractivity contribution is 6.10. The number of nitriles is 1. The van der Waals surface area contributed by atoms with Crippen LogP contribution in [0.15, 0.2) is 24.3 Å². The molecule has 0 spiro atoms. The fraction of sp³-hybridized carbons (Fsp3) is 0.438. The van der Waals surface area contributed by atoms with Crippen molar-refractivity contribution in [2.45, 2.75) is 26.7 Å². The quantitative estimate of drug-likeness (QED) is 0.793. The molecule has 1 fully saturated rings. The molecule has 1 aromatic rings. The number of nitrogens with zero attached hydrogens (tertiary/aromatic N) is 2. The van der Waals surface area contributed by atoms with Crippen molar-refractivity contribution in [1.29, 1.82) is 5.26 Å². The van der Waals surface area contributed by atoms with Gasteiger partial charge >= 0.3 is 0 Å². The van der Waals surface area contributed by atoms with Crippen LogP contribution < -0.4 is 4.90 Å². The second-order valence-corrected chi connectivity index (χ2v) is 5.27. The van der Waals surface area contributed by atoms with E-state index in [0.29, 0.717) is 13.0 Å². The second-order valence-electron chi connectivity index (χ2n) is 5.27. The SMILES string of the molecule is Cc1ccc(N2CCC[C@H](C(=O)[C@@H](C)C#N)C2=O)cc1. The number of piperidine rings is 1. The molecule has 2 rings (SSSR count). The van der Waals surface area contributed by atoms with Crippen LogP contribution >= 0.6 is 0 Å². The van der Waals surface area contributed by atoms with Gasteiger partial charge in [0, 0.05) is 12.2 Å². The first kappa shape index (κ1) is 14.3. The van der Waals surface area contributed by atoms with Crippen molar-refractivity contribution in [1.82, 2.24) is 0 Å². The Labute approximate surface area is 119 Å². The van der Waals surface area contributed by atoms with Crippen molar-refractivity contribution in [3.8, 4) is 6.07 Å². The molecule has 0 saturated carbocycles. The lowest BCUT2D eigenvalue weighted by Gasteiger charge is -2.32. The van der Waals surface area contributed by atoms with Gasteiger partial charge in [-0.25, -0.2) is 0 Å². The molecule has 1 aromatic carbocycles. The highest BCUT2D eigenvalue weighted by Crippen LogP contribution is 2.26. The summed E-state index contributed by atoms with van der Waals surface area (Å²) in [6.07, 6.45) is 1.33. The Bertz CT molecular complexity index is 557. The normalized spacial score (nSPS) is 20.4. The Morgan fingerprint density at radius 1 is 1.40 bits per heavy atom. The first-order chi connectivity index (χ1) is 9.54. The van der Waals surface area contributed by atoms with Gasteiger partial charge < -0.3 is 4.90 Å². The van der Waals surface area contributed by atoms with Crippen LogP contribution in [0.4, 0.5) is 5.69 Å². The van der Waals surface area contributed by atoms with Crippen molar-refractivity contribution in [3.05, 3.63) is 29.8 Å². The number of benzene rings is 1. The van der Waals surface area contributed by atoms with Gasteiger partial charge in [-0.1, -0.05) is 17.7 Å². The zero-order valence-electron chi connectivity index (χ0n) is 11.8. The van der Waals surface area contributed by atoms with Gasteiger partial charge in [-0.15, -0.1) is 0 Å². The number of carbonyl (C=O) groups is 2. The summed E-state index contributed by atoms with van der Waals surface area (Å²) in [7, 11) is 0. The van der Waals surface area contributed by atoms with E-state index in [1.165, 1.54) is 0 Å². The number of hydrogen-bond acceptors (Lipinski definition) is 3. The number of anilines is 1. The van der Waals surface area contributed by atoms with Gasteiger partial charge in [0.15, 0.2) is 5.78 Å². The van der Waals surface area contributed by atoms with Gasteiger partial charge in [0.25, 0.3) is 0 Å². The van der Waals surface area contributed by atoms with E-state index < -0.39 is 11.8 Å². The Hall–Kier alpha value is -2.15. The lowest BCUT2D eigenvalue weighted by Crippen LogP contribution is -2.45. The summed E-state index contributed by atoms with van der Waals surface area (Å²) in [5.41, 5.74) is 1.95. The van der Waals surface area contributed by atoms with E-state index in [1.54, 1.807) is 11.8 Å². The maximum atomic E-state index is 12.5. The standard InChI is InChI=1S/C16H18N2O2/c1-11-5-7-13(8-6-11)18-9-3-4-14(16(18)20)15(19)12(2)10-17/h5-8,12,14H,3-4,9H2,1-2H3/t12-,14+/m0/s1. The topological polar surface area (TPSA) is 61.2 Å². The van der Waals surface area contributed by atoms with E-state index in [4.69, 9.17) is 5.26 Å². The van der Waals surface area contributed by atoms with Crippen LogP contribution in [0.5, 0.6) is 0 Å². The number of ketones is 1. The molecule has 1 aliphatic heterocycles. The molecule has 0 aliphatic carbocycles. The Morgan fingerprint density at radius 3 is 2.65 bits per heavy atom. The monoisotopic (exact) mass is 270 g/mol. The summed E-state index contributed by atoms with van der Waals surface area (Å²) in [6, 6.07) is 9.62. The summed E-state index contributed by atoms with van der Waals surface area (Å²) in [6.45, 7) is 4.18. The summed E-state index contributed by atoms with van der Waals surface area (Å²) < 4.78 is 0. The maximum Gasteiger partial charge on any atom is 0.237 e. The number of rotatable bonds is 3. The van der Waals surface area contributed by atoms with E-state index in [9.17, 15) is 9.59 Å². The molecule has 0 radical (unpaired) electrons. The minimum Gasteiger partial charge on any atom is -0.312 e. The molecule has 1 saturated heterocycles. The van der Waals surface area contributed by atoms with Crippen molar-refractivity contribution < 1.29 is 9.59 Å². The number of aryl methyl sites for hydroxylation is 1. The van der Waals surface area contributed by atoms with Crippen LogP contribution in [-0.2, 0) is 9.59 Å². The first-order valence-corrected chi connectivity index (χ1v) is 6.86. The smallest absolute Gasteiger partial charge is 0.237 e. The largest absolute Gasteiger partial charge is 0.312 e. The minimum atomic E-state index is -0.720. The lowest BCUT2D eigenvalue weighted by atomic mass is 9.87. The summed E-state index contributed by atoms with van der Waals surface area (Å²) in [5.74, 6) is -1.82. The van der Waals surface area contributed by atoms with E-state index >= 15 is 0 Å². The molecule has 0 N–H and O–H groups in total. The fourth-order valence-electron chi connectivity index (χ4n) is 2.49. The molecular weight excluding hydrogens is 252 g/mol. The van der Waals surface area contributed by atoms with E-state index in [0.717, 1.165) is 17.7 Å². The summed E-state index contributed by atoms with van der Waals surface area (Å²) >= 11 is 0. The fourth-order valence-corrected chi connectivity index (χ4v) is 2.49. The van der Waals surface area contributed by atoms with Crippen molar-refractivity contribution in [2.24, 2.45) is 11.8 Å². The molecule has 4 nitrogen and oxygen atoms in total. The number of carbonyl (C=O) groups excluding carboxylic acids is 2. The molecule has 0 bridgehead atoms. The van der Waals surface area contributed by atoms with E-state index in [1.807, 2.05) is 37.3 Å². The van der Waals surface area contributed by atoms with Crippen LogP contribution in [0.25, 0.3) is 0 Å². The second kappa shape index (κ2) is 5.87. The van der Waals surface area contributed by atoms with Gasteiger partial charge in [-0.3, -0.25) is 9.59 Å². The van der Waals surface area contributed by atoms with Crippen molar-refractivity contribution in [2.75, 3.05) is 11.4 Å². The van der Waals surface area contributed by atoms with Crippen molar-refractivity contribution >= 4 is 17.4 Å². The van der Waals surface area contributed by atoms with E-state index in [-0.39, 0.29) is 11.7 Å². The van der Waals surface area contributed by atoms with Crippen LogP contribution in [-0.4, -0.2) is 18.2 Å². The molecule has 0 aromatic heterocycles. The predicted molar refractivity (Wildman–Crippen MR) is 76.0 cm³/mol. The van der Waals surface area contributed by atoms with Gasteiger partial charge in [0.05, 0.1) is 12.0 Å². The minimum absolute atomic E-state index is 0.174. The number of amides is 1. The Balaban J connectivity index is 2.21. The third kappa shape index (κ3) is 2.72. The molecule has 4 heteroatoms. The van der Waals surface area contributed by atoms with E-state index in [2.05, 4.69) is 0 Å². The zero-order chi connectivity index (χ0) is 14.7. The Morgan fingerprint density at radius 2 is 2.05 bits per heavy atom. The third-order valence-electron chi connectivity index (χ3n) is 3.75. The predicted octanol–water partition coefficient (Wildman–Crippen LogP) is 2.47. The van der Waals surface area contributed by atoms with Gasteiger partial charge in [-0.2, -0.15) is 5.26 Å². The zero-order valence-corrected chi connectivity index (χ0v) is 11.8. The van der Waals surface area contributed by atoms with Crippen molar-refractivity contribution in [3.63, 3.8) is 0 Å². The number of hydrogen-bond donors (Lipinski definition) is 0. The third-order valence-corrected chi connectivity index (χ3v) is 3.75. The molecule has 1 aliphatic rings. The average Bonchev–Trinajstić information content (AvgIpc) is 2.47. The number of Topliss-reactive ketones (excluding diaryl/α,β-unsaturated/α-hetero) is 1. The average molecular weight is 270 g/mol. The highest BCUT2D eigenvalue weighted by atomic mass is 16.2. The van der Waals surface area contributed by atoms with Gasteiger partial charge in [0.2, 0.25) is 5.91 Å². The molecule has 20 heavy (non-hydrogen) atoms. The molecule has 1 amide bonds. The van der Waals surface area contributed by atoms with Crippen LogP contribution in [0.2, 0.25) is 0 Å².